The topological polar surface area (TPSA) is 101 Å². The number of aromatic nitrogens is 1. The van der Waals surface area contributed by atoms with Gasteiger partial charge in [0.25, 0.3) is 0 Å². The summed E-state index contributed by atoms with van der Waals surface area (Å²) >= 11 is 0. The van der Waals surface area contributed by atoms with E-state index in [9.17, 15) is 9.90 Å². The molecular weight excluding hydrogens is 378 g/mol. The summed E-state index contributed by atoms with van der Waals surface area (Å²) < 4.78 is 5.47. The lowest BCUT2D eigenvalue weighted by atomic mass is 9.82. The first-order valence-corrected chi connectivity index (χ1v) is 10.1. The van der Waals surface area contributed by atoms with E-state index in [4.69, 9.17) is 10.2 Å². The molecule has 0 aliphatic heterocycles. The molecule has 2 aromatic carbocycles. The minimum atomic E-state index is -1.19. The number of aryl methyl sites for hydroxylation is 1. The molecular formula is C24H29N3O3. The number of nitrogens with one attached hydrogen (secondary N) is 1. The third-order valence-electron chi connectivity index (χ3n) is 5.21. The molecule has 0 bridgehead atoms. The second-order valence-corrected chi connectivity index (χ2v) is 8.04. The summed E-state index contributed by atoms with van der Waals surface area (Å²) in [7, 11) is 0. The zero-order valence-electron chi connectivity index (χ0n) is 17.6. The quantitative estimate of drug-likeness (QED) is 0.528. The molecule has 1 amide bonds. The number of benzene rings is 2. The van der Waals surface area contributed by atoms with Crippen LogP contribution in [0.2, 0.25) is 0 Å². The van der Waals surface area contributed by atoms with Crippen molar-refractivity contribution in [1.82, 2.24) is 10.3 Å². The maximum absolute atomic E-state index is 13.3. The van der Waals surface area contributed by atoms with Gasteiger partial charge in [-0.2, -0.15) is 0 Å². The summed E-state index contributed by atoms with van der Waals surface area (Å²) in [5.41, 5.74) is 8.58. The van der Waals surface area contributed by atoms with Crippen LogP contribution in [0.1, 0.15) is 43.1 Å². The van der Waals surface area contributed by atoms with Crippen LogP contribution >= 0.6 is 0 Å². The fraction of sp³-hybridized carbons (Fsp3) is 0.333. The van der Waals surface area contributed by atoms with E-state index in [0.717, 1.165) is 22.4 Å². The third kappa shape index (κ3) is 4.61. The third-order valence-corrected chi connectivity index (χ3v) is 5.21. The molecule has 0 unspecified atom stereocenters. The van der Waals surface area contributed by atoms with Crippen molar-refractivity contribution < 1.29 is 14.3 Å². The summed E-state index contributed by atoms with van der Waals surface area (Å²) in [5, 5.41) is 13.0. The standard InChI is InChI=1S/C24H29N3O3/c1-16(2)13-24(25,20-10-5-4-6-11-20)23(29)27-21(14-28)18-8-7-9-19(12-18)22-17(3)26-15-30-22/h4-12,15-16,21,28H,13-14,25H2,1-3H3,(H,27,29)/t21-,24-/m1/s1. The van der Waals surface area contributed by atoms with E-state index in [1.807, 2.05) is 75.4 Å². The number of rotatable bonds is 8. The maximum Gasteiger partial charge on any atom is 0.245 e. The van der Waals surface area contributed by atoms with E-state index in [-0.39, 0.29) is 18.4 Å². The molecule has 0 aliphatic rings. The zero-order valence-corrected chi connectivity index (χ0v) is 17.6. The highest BCUT2D eigenvalue weighted by atomic mass is 16.3. The average molecular weight is 408 g/mol. The van der Waals surface area contributed by atoms with Crippen molar-refractivity contribution in [2.24, 2.45) is 11.7 Å². The number of amides is 1. The summed E-state index contributed by atoms with van der Waals surface area (Å²) in [5.74, 6) is 0.561. The number of aliphatic hydroxyl groups is 1. The van der Waals surface area contributed by atoms with Gasteiger partial charge in [0.2, 0.25) is 5.91 Å². The van der Waals surface area contributed by atoms with Crippen molar-refractivity contribution in [3.8, 4) is 11.3 Å². The molecule has 2 atom stereocenters. The van der Waals surface area contributed by atoms with Crippen molar-refractivity contribution in [3.63, 3.8) is 0 Å². The molecule has 158 valence electrons. The largest absolute Gasteiger partial charge is 0.443 e. The van der Waals surface area contributed by atoms with Crippen LogP contribution in [0.5, 0.6) is 0 Å². The SMILES string of the molecule is Cc1ncoc1-c1cccc([C@@H](CO)NC(=O)[C@@](N)(CC(C)C)c2ccccc2)c1. The summed E-state index contributed by atoms with van der Waals surface area (Å²) in [6, 6.07) is 16.3. The minimum Gasteiger partial charge on any atom is -0.443 e. The van der Waals surface area contributed by atoms with Gasteiger partial charge in [-0.05, 0) is 36.5 Å². The molecule has 0 saturated carbocycles. The predicted octanol–water partition coefficient (Wildman–Crippen LogP) is 3.70. The number of hydrogen-bond acceptors (Lipinski definition) is 5. The smallest absolute Gasteiger partial charge is 0.245 e. The fourth-order valence-electron chi connectivity index (χ4n) is 3.72. The van der Waals surface area contributed by atoms with E-state index in [1.54, 1.807) is 0 Å². The van der Waals surface area contributed by atoms with Crippen LogP contribution in [0.3, 0.4) is 0 Å². The summed E-state index contributed by atoms with van der Waals surface area (Å²) in [6.45, 7) is 5.68. The Bertz CT molecular complexity index is 984. The van der Waals surface area contributed by atoms with Crippen LogP contribution in [0.15, 0.2) is 65.4 Å². The number of nitrogens with two attached hydrogens (primary N) is 1. The first kappa shape index (κ1) is 21.7. The van der Waals surface area contributed by atoms with Gasteiger partial charge in [0, 0.05) is 5.56 Å². The van der Waals surface area contributed by atoms with Crippen molar-refractivity contribution in [3.05, 3.63) is 77.8 Å². The van der Waals surface area contributed by atoms with Gasteiger partial charge in [-0.3, -0.25) is 4.79 Å². The molecule has 0 spiro atoms. The highest BCUT2D eigenvalue weighted by Gasteiger charge is 2.37. The van der Waals surface area contributed by atoms with Crippen molar-refractivity contribution in [2.75, 3.05) is 6.61 Å². The van der Waals surface area contributed by atoms with Crippen LogP contribution in [0.25, 0.3) is 11.3 Å². The highest BCUT2D eigenvalue weighted by Crippen LogP contribution is 2.29. The zero-order chi connectivity index (χ0) is 21.7. The molecule has 0 radical (unpaired) electrons. The van der Waals surface area contributed by atoms with Crippen LogP contribution < -0.4 is 11.1 Å². The van der Waals surface area contributed by atoms with Gasteiger partial charge in [0.15, 0.2) is 12.2 Å². The number of oxazole rings is 1. The Morgan fingerprint density at radius 2 is 1.93 bits per heavy atom. The molecule has 0 fully saturated rings. The first-order valence-electron chi connectivity index (χ1n) is 10.1. The van der Waals surface area contributed by atoms with Gasteiger partial charge in [0.1, 0.15) is 5.54 Å². The van der Waals surface area contributed by atoms with E-state index >= 15 is 0 Å². The molecule has 3 aromatic rings. The molecule has 0 aliphatic carbocycles. The molecule has 6 heteroatoms. The van der Waals surface area contributed by atoms with Gasteiger partial charge >= 0.3 is 0 Å². The second-order valence-electron chi connectivity index (χ2n) is 8.04. The number of carbonyl (C=O) groups excluding carboxylic acids is 1. The Kier molecular flexibility index (Phi) is 6.70. The molecule has 3 rings (SSSR count). The fourth-order valence-corrected chi connectivity index (χ4v) is 3.72. The normalized spacial score (nSPS) is 14.3. The van der Waals surface area contributed by atoms with E-state index in [1.165, 1.54) is 6.39 Å². The number of carbonyl (C=O) groups is 1. The van der Waals surface area contributed by atoms with Crippen molar-refractivity contribution in [1.29, 1.82) is 0 Å². The number of aliphatic hydroxyl groups excluding tert-OH is 1. The Labute approximate surface area is 177 Å². The van der Waals surface area contributed by atoms with Gasteiger partial charge in [-0.1, -0.05) is 62.4 Å². The lowest BCUT2D eigenvalue weighted by Crippen LogP contribution is -2.53. The molecule has 6 nitrogen and oxygen atoms in total. The molecule has 4 N–H and O–H groups in total. The second kappa shape index (κ2) is 9.24. The Balaban J connectivity index is 1.89. The Morgan fingerprint density at radius 3 is 2.53 bits per heavy atom. The Morgan fingerprint density at radius 1 is 1.20 bits per heavy atom. The first-order chi connectivity index (χ1) is 14.3. The number of hydrogen-bond donors (Lipinski definition) is 3. The Hall–Kier alpha value is -2.96. The van der Waals surface area contributed by atoms with Crippen LogP contribution in [0.4, 0.5) is 0 Å². The van der Waals surface area contributed by atoms with E-state index in [2.05, 4.69) is 10.3 Å². The average Bonchev–Trinajstić information content (AvgIpc) is 3.17. The highest BCUT2D eigenvalue weighted by molar-refractivity contribution is 5.88. The van der Waals surface area contributed by atoms with Gasteiger partial charge in [0.05, 0.1) is 18.3 Å². The lowest BCUT2D eigenvalue weighted by Gasteiger charge is -2.32. The minimum absolute atomic E-state index is 0.214. The van der Waals surface area contributed by atoms with E-state index in [0.29, 0.717) is 12.2 Å². The molecule has 0 saturated heterocycles. The summed E-state index contributed by atoms with van der Waals surface area (Å²) in [6.07, 6.45) is 1.88. The maximum atomic E-state index is 13.3. The van der Waals surface area contributed by atoms with Crippen molar-refractivity contribution >= 4 is 5.91 Å². The van der Waals surface area contributed by atoms with E-state index < -0.39 is 11.6 Å². The van der Waals surface area contributed by atoms with Crippen molar-refractivity contribution in [2.45, 2.75) is 38.8 Å². The van der Waals surface area contributed by atoms with Crippen LogP contribution in [-0.2, 0) is 10.3 Å². The van der Waals surface area contributed by atoms with Gasteiger partial charge in [-0.15, -0.1) is 0 Å². The molecule has 30 heavy (non-hydrogen) atoms. The molecule has 1 aromatic heterocycles. The monoisotopic (exact) mass is 407 g/mol. The number of nitrogens with zero attached hydrogens (tertiary/aromatic N) is 1. The summed E-state index contributed by atoms with van der Waals surface area (Å²) in [4.78, 5) is 17.5. The predicted molar refractivity (Wildman–Crippen MR) is 116 cm³/mol. The van der Waals surface area contributed by atoms with Gasteiger partial charge in [-0.25, -0.2) is 4.98 Å². The van der Waals surface area contributed by atoms with Crippen LogP contribution in [0, 0.1) is 12.8 Å². The molecule has 1 heterocycles. The lowest BCUT2D eigenvalue weighted by molar-refractivity contribution is -0.128. The van der Waals surface area contributed by atoms with Crippen LogP contribution in [-0.4, -0.2) is 22.6 Å². The van der Waals surface area contributed by atoms with Gasteiger partial charge < -0.3 is 20.6 Å².